The van der Waals surface area contributed by atoms with Gasteiger partial charge in [0.05, 0.1) is 36.3 Å². The molecule has 0 aliphatic carbocycles. The summed E-state index contributed by atoms with van der Waals surface area (Å²) in [5, 5.41) is 0.490. The van der Waals surface area contributed by atoms with Crippen LogP contribution in [0.15, 0.2) is 60.7 Å². The maximum Gasteiger partial charge on any atom is 0.320 e. The predicted molar refractivity (Wildman–Crippen MR) is 157 cm³/mol. The van der Waals surface area contributed by atoms with E-state index in [4.69, 9.17) is 21.1 Å². The van der Waals surface area contributed by atoms with E-state index in [1.54, 1.807) is 65.2 Å². The van der Waals surface area contributed by atoms with Gasteiger partial charge in [-0.2, -0.15) is 0 Å². The van der Waals surface area contributed by atoms with E-state index in [0.29, 0.717) is 52.7 Å². The van der Waals surface area contributed by atoms with Crippen molar-refractivity contribution >= 4 is 46.4 Å². The molecule has 0 N–H and O–H groups in total. The smallest absolute Gasteiger partial charge is 0.320 e. The minimum Gasteiger partial charge on any atom is -0.496 e. The van der Waals surface area contributed by atoms with Crippen LogP contribution in [-0.4, -0.2) is 57.0 Å². The van der Waals surface area contributed by atoms with Gasteiger partial charge in [0.15, 0.2) is 0 Å². The summed E-state index contributed by atoms with van der Waals surface area (Å²) in [6.07, 6.45) is 0.640. The maximum absolute atomic E-state index is 14.0. The molecular formula is C31H34ClN3O5. The molecule has 3 aromatic rings. The standard InChI is InChI=1S/C31H34ClN3O5/c1-20-9-6-7-10-26(20)35(21(2)36)23-13-14-24(29(18-23)39-5)31(38)34-16-8-11-28(40-30(37)19-33(3)4)25-17-22(32)12-15-27(25)34/h6-7,9-10,12-15,17-18,28H,8,11,16,19H2,1-5H3. The second-order valence-corrected chi connectivity index (χ2v) is 10.5. The molecule has 9 heteroatoms. The minimum absolute atomic E-state index is 0.151. The molecular weight excluding hydrogens is 530 g/mol. The lowest BCUT2D eigenvalue weighted by atomic mass is 10.0. The van der Waals surface area contributed by atoms with Gasteiger partial charge in [-0.05, 0) is 75.8 Å². The van der Waals surface area contributed by atoms with E-state index in [9.17, 15) is 14.4 Å². The van der Waals surface area contributed by atoms with E-state index < -0.39 is 6.10 Å². The molecule has 4 rings (SSSR count). The van der Waals surface area contributed by atoms with Gasteiger partial charge < -0.3 is 14.4 Å². The fourth-order valence-electron chi connectivity index (χ4n) is 4.97. The number of fused-ring (bicyclic) bond motifs is 1. The van der Waals surface area contributed by atoms with Crippen molar-refractivity contribution in [2.45, 2.75) is 32.8 Å². The summed E-state index contributed by atoms with van der Waals surface area (Å²) in [5.74, 6) is -0.432. The predicted octanol–water partition coefficient (Wildman–Crippen LogP) is 5.93. The highest BCUT2D eigenvalue weighted by molar-refractivity contribution is 6.30. The van der Waals surface area contributed by atoms with Crippen LogP contribution in [0, 0.1) is 6.92 Å². The van der Waals surface area contributed by atoms with Crippen LogP contribution in [0.3, 0.4) is 0 Å². The molecule has 0 aromatic heterocycles. The monoisotopic (exact) mass is 563 g/mol. The molecule has 8 nitrogen and oxygen atoms in total. The van der Waals surface area contributed by atoms with Gasteiger partial charge in [-0.15, -0.1) is 0 Å². The number of hydrogen-bond acceptors (Lipinski definition) is 6. The van der Waals surface area contributed by atoms with Gasteiger partial charge >= 0.3 is 5.97 Å². The molecule has 210 valence electrons. The molecule has 40 heavy (non-hydrogen) atoms. The topological polar surface area (TPSA) is 79.4 Å². The van der Waals surface area contributed by atoms with Crippen LogP contribution in [0.25, 0.3) is 0 Å². The second kappa shape index (κ2) is 12.5. The first kappa shape index (κ1) is 29.1. The molecule has 2 amide bonds. The number of carbonyl (C=O) groups excluding carboxylic acids is 3. The Bertz CT molecular complexity index is 1420. The highest BCUT2D eigenvalue weighted by Crippen LogP contribution is 2.39. The van der Waals surface area contributed by atoms with Crippen molar-refractivity contribution in [1.82, 2.24) is 4.90 Å². The van der Waals surface area contributed by atoms with E-state index in [0.717, 1.165) is 11.3 Å². The largest absolute Gasteiger partial charge is 0.496 e. The number of para-hydroxylation sites is 1. The number of carbonyl (C=O) groups is 3. The van der Waals surface area contributed by atoms with Crippen molar-refractivity contribution in [2.75, 3.05) is 44.1 Å². The summed E-state index contributed by atoms with van der Waals surface area (Å²) in [6.45, 7) is 4.01. The molecule has 1 unspecified atom stereocenters. The first-order chi connectivity index (χ1) is 19.1. The van der Waals surface area contributed by atoms with Crippen molar-refractivity contribution in [1.29, 1.82) is 0 Å². The maximum atomic E-state index is 14.0. The zero-order valence-corrected chi connectivity index (χ0v) is 24.2. The molecule has 0 saturated heterocycles. The van der Waals surface area contributed by atoms with Crippen LogP contribution in [-0.2, 0) is 14.3 Å². The Hall–Kier alpha value is -3.88. The highest BCUT2D eigenvalue weighted by Gasteiger charge is 2.31. The van der Waals surface area contributed by atoms with Crippen LogP contribution in [0.1, 0.15) is 47.4 Å². The Morgan fingerprint density at radius 1 is 1.05 bits per heavy atom. The van der Waals surface area contributed by atoms with Crippen LogP contribution < -0.4 is 14.5 Å². The Morgan fingerprint density at radius 2 is 1.80 bits per heavy atom. The van der Waals surface area contributed by atoms with Crippen molar-refractivity contribution < 1.29 is 23.9 Å². The Labute approximate surface area is 240 Å². The number of halogens is 1. The van der Waals surface area contributed by atoms with Crippen LogP contribution in [0.2, 0.25) is 5.02 Å². The molecule has 1 aliphatic heterocycles. The lowest BCUT2D eigenvalue weighted by Crippen LogP contribution is -2.32. The lowest BCUT2D eigenvalue weighted by molar-refractivity contribution is -0.150. The van der Waals surface area contributed by atoms with E-state index in [-0.39, 0.29) is 24.3 Å². The van der Waals surface area contributed by atoms with Crippen LogP contribution in [0.5, 0.6) is 5.75 Å². The van der Waals surface area contributed by atoms with Gasteiger partial charge in [0.1, 0.15) is 11.9 Å². The molecule has 1 heterocycles. The van der Waals surface area contributed by atoms with Gasteiger partial charge in [-0.25, -0.2) is 0 Å². The molecule has 3 aromatic carbocycles. The highest BCUT2D eigenvalue weighted by atomic mass is 35.5. The number of esters is 1. The van der Waals surface area contributed by atoms with Crippen molar-refractivity contribution in [2.24, 2.45) is 0 Å². The van der Waals surface area contributed by atoms with Gasteiger partial charge in [-0.1, -0.05) is 29.8 Å². The normalized spacial score (nSPS) is 14.8. The number of rotatable bonds is 7. The summed E-state index contributed by atoms with van der Waals surface area (Å²) >= 11 is 6.34. The average Bonchev–Trinajstić information content (AvgIpc) is 3.07. The van der Waals surface area contributed by atoms with Gasteiger partial charge in [0.25, 0.3) is 5.91 Å². The number of hydrogen-bond donors (Lipinski definition) is 0. The summed E-state index contributed by atoms with van der Waals surface area (Å²) in [6, 6.07) is 18.0. The summed E-state index contributed by atoms with van der Waals surface area (Å²) < 4.78 is 11.5. The van der Waals surface area contributed by atoms with Crippen LogP contribution >= 0.6 is 11.6 Å². The van der Waals surface area contributed by atoms with Crippen molar-refractivity contribution in [3.63, 3.8) is 0 Å². The molecule has 0 saturated carbocycles. The van der Waals surface area contributed by atoms with Crippen molar-refractivity contribution in [3.8, 4) is 5.75 Å². The molecule has 0 fully saturated rings. The molecule has 0 spiro atoms. The summed E-state index contributed by atoms with van der Waals surface area (Å²) in [5.41, 5.74) is 3.95. The number of likely N-dealkylation sites (N-methyl/N-ethyl adjacent to an activating group) is 1. The third-order valence-electron chi connectivity index (χ3n) is 6.78. The summed E-state index contributed by atoms with van der Waals surface area (Å²) in [4.78, 5) is 44.2. The number of methoxy groups -OCH3 is 1. The SMILES string of the molecule is COc1cc(N(C(C)=O)c2ccccc2C)ccc1C(=O)N1CCCC(OC(=O)CN(C)C)c2cc(Cl)ccc21. The van der Waals surface area contributed by atoms with Crippen LogP contribution in [0.4, 0.5) is 17.1 Å². The molecule has 0 bridgehead atoms. The average molecular weight is 564 g/mol. The van der Waals surface area contributed by atoms with E-state index in [2.05, 4.69) is 0 Å². The molecule has 1 aliphatic rings. The summed E-state index contributed by atoms with van der Waals surface area (Å²) in [7, 11) is 5.10. The van der Waals surface area contributed by atoms with E-state index in [1.807, 2.05) is 31.2 Å². The fraction of sp³-hybridized carbons (Fsp3) is 0.323. The lowest BCUT2D eigenvalue weighted by Gasteiger charge is -2.27. The zero-order valence-electron chi connectivity index (χ0n) is 23.4. The third-order valence-corrected chi connectivity index (χ3v) is 7.02. The van der Waals surface area contributed by atoms with Gasteiger partial charge in [0.2, 0.25) is 5.91 Å². The fourth-order valence-corrected chi connectivity index (χ4v) is 5.15. The van der Waals surface area contributed by atoms with Crippen molar-refractivity contribution in [3.05, 3.63) is 82.4 Å². The van der Waals surface area contributed by atoms with E-state index in [1.165, 1.54) is 14.0 Å². The molecule has 1 atom stereocenters. The first-order valence-corrected chi connectivity index (χ1v) is 13.5. The second-order valence-electron chi connectivity index (χ2n) is 10.0. The van der Waals surface area contributed by atoms with E-state index >= 15 is 0 Å². The Morgan fingerprint density at radius 3 is 2.48 bits per heavy atom. The third kappa shape index (κ3) is 6.29. The molecule has 0 radical (unpaired) electrons. The Kier molecular flexibility index (Phi) is 9.12. The quantitative estimate of drug-likeness (QED) is 0.332. The number of amides is 2. The van der Waals surface area contributed by atoms with Gasteiger partial charge in [0, 0.05) is 30.1 Å². The number of aryl methyl sites for hydroxylation is 1. The number of nitrogens with zero attached hydrogens (tertiary/aromatic N) is 3. The number of anilines is 3. The Balaban J connectivity index is 1.70. The number of benzene rings is 3. The number of ether oxygens (including phenoxy) is 2. The van der Waals surface area contributed by atoms with Gasteiger partial charge in [-0.3, -0.25) is 24.2 Å². The minimum atomic E-state index is -0.526. The zero-order chi connectivity index (χ0) is 29.0. The first-order valence-electron chi connectivity index (χ1n) is 13.1.